The van der Waals surface area contributed by atoms with E-state index < -0.39 is 0 Å². The van der Waals surface area contributed by atoms with Gasteiger partial charge in [-0.25, -0.2) is 5.43 Å². The molecule has 126 valence electrons. The van der Waals surface area contributed by atoms with Crippen molar-refractivity contribution in [2.45, 2.75) is 6.92 Å². The van der Waals surface area contributed by atoms with Crippen molar-refractivity contribution in [3.63, 3.8) is 0 Å². The molecule has 3 rings (SSSR count). The van der Waals surface area contributed by atoms with Gasteiger partial charge < -0.3 is 4.42 Å². The Morgan fingerprint density at radius 1 is 1.08 bits per heavy atom. The van der Waals surface area contributed by atoms with Crippen LogP contribution in [-0.4, -0.2) is 12.1 Å². The van der Waals surface area contributed by atoms with Crippen LogP contribution in [0.2, 0.25) is 10.0 Å². The van der Waals surface area contributed by atoms with Crippen molar-refractivity contribution in [1.82, 2.24) is 5.43 Å². The quantitative estimate of drug-likeness (QED) is 0.497. The zero-order valence-corrected chi connectivity index (χ0v) is 14.8. The Morgan fingerprint density at radius 3 is 2.56 bits per heavy atom. The summed E-state index contributed by atoms with van der Waals surface area (Å²) in [5.74, 6) is 0.817. The molecule has 0 saturated carbocycles. The van der Waals surface area contributed by atoms with Crippen molar-refractivity contribution in [2.75, 3.05) is 0 Å². The number of benzene rings is 2. The van der Waals surface area contributed by atoms with Crippen LogP contribution >= 0.6 is 23.2 Å². The molecule has 1 heterocycles. The Kier molecular flexibility index (Phi) is 5.22. The molecule has 4 nitrogen and oxygen atoms in total. The Hall–Kier alpha value is -2.56. The number of carbonyl (C=O) groups is 1. The highest BCUT2D eigenvalue weighted by atomic mass is 35.5. The Balaban J connectivity index is 1.66. The third-order valence-electron chi connectivity index (χ3n) is 3.48. The van der Waals surface area contributed by atoms with Gasteiger partial charge in [0.2, 0.25) is 0 Å². The lowest BCUT2D eigenvalue weighted by Crippen LogP contribution is -2.18. The van der Waals surface area contributed by atoms with Crippen LogP contribution in [0, 0.1) is 6.92 Å². The maximum absolute atomic E-state index is 12.1. The monoisotopic (exact) mass is 372 g/mol. The van der Waals surface area contributed by atoms with Crippen LogP contribution in [-0.2, 0) is 0 Å². The first kappa shape index (κ1) is 17.3. The molecular formula is C19H14Cl2N2O2. The third-order valence-corrected chi connectivity index (χ3v) is 4.05. The fraction of sp³-hybridized carbons (Fsp3) is 0.0526. The molecule has 2 aromatic carbocycles. The fourth-order valence-corrected chi connectivity index (χ4v) is 2.66. The number of nitrogens with zero attached hydrogens (tertiary/aromatic N) is 1. The molecule has 0 unspecified atom stereocenters. The summed E-state index contributed by atoms with van der Waals surface area (Å²) in [5.41, 5.74) is 4.68. The van der Waals surface area contributed by atoms with Gasteiger partial charge in [0.05, 0.1) is 16.8 Å². The van der Waals surface area contributed by atoms with E-state index in [9.17, 15) is 4.79 Å². The Labute approximate surface area is 155 Å². The minimum absolute atomic E-state index is 0.366. The van der Waals surface area contributed by atoms with E-state index >= 15 is 0 Å². The Morgan fingerprint density at radius 2 is 1.84 bits per heavy atom. The highest BCUT2D eigenvalue weighted by Gasteiger charge is 2.09. The molecule has 0 spiro atoms. The predicted octanol–water partition coefficient (Wildman–Crippen LogP) is 5.33. The van der Waals surface area contributed by atoms with Gasteiger partial charge in [-0.3, -0.25) is 4.79 Å². The molecule has 0 atom stereocenters. The summed E-state index contributed by atoms with van der Waals surface area (Å²) in [6.07, 6.45) is 1.43. The van der Waals surface area contributed by atoms with E-state index in [0.717, 1.165) is 11.1 Å². The summed E-state index contributed by atoms with van der Waals surface area (Å²) in [4.78, 5) is 12.1. The molecule has 1 amide bonds. The summed E-state index contributed by atoms with van der Waals surface area (Å²) in [7, 11) is 0. The standard InChI is InChI=1S/C19H14Cl2N2O2/c1-12-2-8-16(17(21)10-12)19(24)23-22-11-15-7-9-18(25-15)13-3-5-14(20)6-4-13/h2-11H,1H3,(H,23,24)/b22-11-. The maximum Gasteiger partial charge on any atom is 0.272 e. The van der Waals surface area contributed by atoms with Crippen molar-refractivity contribution >= 4 is 35.3 Å². The van der Waals surface area contributed by atoms with E-state index in [2.05, 4.69) is 10.5 Å². The zero-order valence-electron chi connectivity index (χ0n) is 13.3. The lowest BCUT2D eigenvalue weighted by molar-refractivity contribution is 0.0955. The molecule has 1 N–H and O–H groups in total. The summed E-state index contributed by atoms with van der Waals surface area (Å²) in [6, 6.07) is 16.1. The number of rotatable bonds is 4. The van der Waals surface area contributed by atoms with Crippen LogP contribution in [0.1, 0.15) is 21.7 Å². The van der Waals surface area contributed by atoms with Gasteiger partial charge in [0.15, 0.2) is 0 Å². The summed E-state index contributed by atoms with van der Waals surface area (Å²) < 4.78 is 5.67. The lowest BCUT2D eigenvalue weighted by Gasteiger charge is -2.03. The van der Waals surface area contributed by atoms with E-state index in [4.69, 9.17) is 27.6 Å². The van der Waals surface area contributed by atoms with Crippen molar-refractivity contribution in [3.05, 3.63) is 81.5 Å². The number of halogens is 2. The number of hydrogen-bond acceptors (Lipinski definition) is 3. The fourth-order valence-electron chi connectivity index (χ4n) is 2.21. The van der Waals surface area contributed by atoms with Crippen molar-refractivity contribution in [3.8, 4) is 11.3 Å². The van der Waals surface area contributed by atoms with Crippen LogP contribution in [0.25, 0.3) is 11.3 Å². The van der Waals surface area contributed by atoms with E-state index in [0.29, 0.717) is 27.1 Å². The van der Waals surface area contributed by atoms with E-state index in [1.54, 1.807) is 30.3 Å². The average molecular weight is 373 g/mol. The summed E-state index contributed by atoms with van der Waals surface area (Å²) in [5, 5.41) is 4.95. The van der Waals surface area contributed by atoms with Gasteiger partial charge in [0.1, 0.15) is 11.5 Å². The number of hydrazone groups is 1. The van der Waals surface area contributed by atoms with Crippen LogP contribution in [0.3, 0.4) is 0 Å². The molecule has 0 fully saturated rings. The second-order valence-electron chi connectivity index (χ2n) is 5.39. The van der Waals surface area contributed by atoms with E-state index in [1.165, 1.54) is 6.21 Å². The molecule has 3 aromatic rings. The second kappa shape index (κ2) is 7.55. The average Bonchev–Trinajstić information content (AvgIpc) is 3.04. The molecular weight excluding hydrogens is 359 g/mol. The van der Waals surface area contributed by atoms with E-state index in [1.807, 2.05) is 31.2 Å². The first-order valence-electron chi connectivity index (χ1n) is 7.48. The van der Waals surface area contributed by atoms with Gasteiger partial charge in [0.25, 0.3) is 5.91 Å². The molecule has 0 aliphatic rings. The third kappa shape index (κ3) is 4.29. The van der Waals surface area contributed by atoms with Gasteiger partial charge in [-0.05, 0) is 61.0 Å². The minimum Gasteiger partial charge on any atom is -0.455 e. The zero-order chi connectivity index (χ0) is 17.8. The number of furan rings is 1. The predicted molar refractivity (Wildman–Crippen MR) is 100 cm³/mol. The van der Waals surface area contributed by atoms with Crippen LogP contribution in [0.4, 0.5) is 0 Å². The van der Waals surface area contributed by atoms with Crippen LogP contribution in [0.15, 0.2) is 64.1 Å². The van der Waals surface area contributed by atoms with Crippen LogP contribution < -0.4 is 5.43 Å². The molecule has 0 radical (unpaired) electrons. The second-order valence-corrected chi connectivity index (χ2v) is 6.23. The smallest absolute Gasteiger partial charge is 0.272 e. The number of nitrogens with one attached hydrogen (secondary N) is 1. The molecule has 0 aliphatic carbocycles. The highest BCUT2D eigenvalue weighted by molar-refractivity contribution is 6.33. The molecule has 0 bridgehead atoms. The van der Waals surface area contributed by atoms with Crippen molar-refractivity contribution in [2.24, 2.45) is 5.10 Å². The molecule has 1 aromatic heterocycles. The topological polar surface area (TPSA) is 54.6 Å². The summed E-state index contributed by atoms with van der Waals surface area (Å²) >= 11 is 11.9. The normalized spacial score (nSPS) is 11.0. The van der Waals surface area contributed by atoms with E-state index in [-0.39, 0.29) is 5.91 Å². The molecule has 0 aliphatic heterocycles. The molecule has 0 saturated heterocycles. The Bertz CT molecular complexity index is 931. The minimum atomic E-state index is -0.384. The number of carbonyl (C=O) groups excluding carboxylic acids is 1. The number of aryl methyl sites for hydroxylation is 1. The van der Waals surface area contributed by atoms with Gasteiger partial charge in [0, 0.05) is 10.6 Å². The number of hydrogen-bond donors (Lipinski definition) is 1. The molecule has 6 heteroatoms. The number of amides is 1. The van der Waals surface area contributed by atoms with Gasteiger partial charge in [-0.2, -0.15) is 5.10 Å². The van der Waals surface area contributed by atoms with Crippen molar-refractivity contribution in [1.29, 1.82) is 0 Å². The van der Waals surface area contributed by atoms with Gasteiger partial charge >= 0.3 is 0 Å². The summed E-state index contributed by atoms with van der Waals surface area (Å²) in [6.45, 7) is 1.90. The molecule has 25 heavy (non-hydrogen) atoms. The SMILES string of the molecule is Cc1ccc(C(=O)N/N=C\c2ccc(-c3ccc(Cl)cc3)o2)c(Cl)c1. The van der Waals surface area contributed by atoms with Gasteiger partial charge in [-0.1, -0.05) is 29.3 Å². The van der Waals surface area contributed by atoms with Crippen LogP contribution in [0.5, 0.6) is 0 Å². The lowest BCUT2D eigenvalue weighted by atomic mass is 10.1. The van der Waals surface area contributed by atoms with Crippen molar-refractivity contribution < 1.29 is 9.21 Å². The first-order chi connectivity index (χ1) is 12.0. The maximum atomic E-state index is 12.1. The first-order valence-corrected chi connectivity index (χ1v) is 8.24. The highest BCUT2D eigenvalue weighted by Crippen LogP contribution is 2.23. The van der Waals surface area contributed by atoms with Gasteiger partial charge in [-0.15, -0.1) is 0 Å². The largest absolute Gasteiger partial charge is 0.455 e.